The van der Waals surface area contributed by atoms with Gasteiger partial charge in [0.2, 0.25) is 0 Å². The van der Waals surface area contributed by atoms with E-state index in [1.54, 1.807) is 6.08 Å². The molecule has 1 aromatic rings. The van der Waals surface area contributed by atoms with Crippen molar-refractivity contribution < 1.29 is 9.59 Å². The molecular weight excluding hydrogens is 326 g/mol. The Hall–Kier alpha value is -1.07. The summed E-state index contributed by atoms with van der Waals surface area (Å²) in [5.74, 6) is -0.355. The summed E-state index contributed by atoms with van der Waals surface area (Å²) in [4.78, 5) is 25.1. The predicted octanol–water partition coefficient (Wildman–Crippen LogP) is 5.66. The maximum atomic E-state index is 11.6. The molecule has 0 fully saturated rings. The van der Waals surface area contributed by atoms with Gasteiger partial charge in [0.25, 0.3) is 5.91 Å². The number of unbranched alkanes of at least 4 members (excludes halogenated alkanes) is 2. The molecule has 1 aromatic heterocycles. The van der Waals surface area contributed by atoms with E-state index in [1.807, 2.05) is 20.8 Å². The molecule has 5 heteroatoms. The van der Waals surface area contributed by atoms with Gasteiger partial charge in [-0.1, -0.05) is 53.0 Å². The summed E-state index contributed by atoms with van der Waals surface area (Å²) in [7, 11) is 0. The van der Waals surface area contributed by atoms with Gasteiger partial charge in [0.05, 0.1) is 10.4 Å². The summed E-state index contributed by atoms with van der Waals surface area (Å²) in [5, 5.41) is 0. The first-order valence-electron chi connectivity index (χ1n) is 8.16. The molecule has 0 bridgehead atoms. The lowest BCUT2D eigenvalue weighted by Crippen LogP contribution is -2.14. The number of hydrogen-bond donors (Lipinski definition) is 2. The first kappa shape index (κ1) is 21.9. The van der Waals surface area contributed by atoms with Crippen LogP contribution in [0.25, 0.3) is 4.91 Å². The normalized spacial score (nSPS) is 12.3. The number of amides is 1. The third-order valence-electron chi connectivity index (χ3n) is 3.61. The molecule has 2 N–H and O–H groups in total. The summed E-state index contributed by atoms with van der Waals surface area (Å²) in [6, 6.07) is 0. The molecule has 1 atom stereocenters. The zero-order chi connectivity index (χ0) is 18.0. The van der Waals surface area contributed by atoms with E-state index in [4.69, 9.17) is 5.73 Å². The number of thiol groups is 1. The molecule has 1 heterocycles. The molecule has 130 valence electrons. The molecule has 0 saturated carbocycles. The predicted molar refractivity (Wildman–Crippen MR) is 105 cm³/mol. The molecule has 0 radical (unpaired) electrons. The van der Waals surface area contributed by atoms with E-state index in [0.717, 1.165) is 17.6 Å². The molecule has 3 nitrogen and oxygen atoms in total. The fourth-order valence-corrected chi connectivity index (χ4v) is 3.67. The van der Waals surface area contributed by atoms with Gasteiger partial charge in [-0.05, 0) is 19.3 Å². The van der Waals surface area contributed by atoms with Crippen LogP contribution in [0.2, 0.25) is 0 Å². The van der Waals surface area contributed by atoms with Gasteiger partial charge < -0.3 is 5.73 Å². The topological polar surface area (TPSA) is 60.2 Å². The monoisotopic (exact) mass is 355 g/mol. The molecular formula is C18H29NO2S2. The van der Waals surface area contributed by atoms with Crippen LogP contribution in [0.3, 0.4) is 0 Å². The third kappa shape index (κ3) is 6.15. The number of primary amides is 1. The summed E-state index contributed by atoms with van der Waals surface area (Å²) in [6.45, 7) is 10.3. The quantitative estimate of drug-likeness (QED) is 0.489. The van der Waals surface area contributed by atoms with E-state index in [-0.39, 0.29) is 5.92 Å². The average molecular weight is 356 g/mol. The number of rotatable bonds is 7. The van der Waals surface area contributed by atoms with Crippen molar-refractivity contribution in [3.63, 3.8) is 0 Å². The van der Waals surface area contributed by atoms with Crippen molar-refractivity contribution in [2.45, 2.75) is 66.2 Å². The summed E-state index contributed by atoms with van der Waals surface area (Å²) >= 11 is 5.76. The Kier molecular flexibility index (Phi) is 10.9. The van der Waals surface area contributed by atoms with Gasteiger partial charge in [0.15, 0.2) is 6.29 Å². The molecule has 0 saturated heterocycles. The number of aldehydes is 1. The Labute approximate surface area is 149 Å². The van der Waals surface area contributed by atoms with Crippen molar-refractivity contribution >= 4 is 41.1 Å². The number of thiophene rings is 1. The lowest BCUT2D eigenvalue weighted by atomic mass is 10.00. The number of allylic oxidation sites excluding steroid dienone is 1. The number of hydrogen-bond acceptors (Lipinski definition) is 4. The fraction of sp³-hybridized carbons (Fsp3) is 0.556. The lowest BCUT2D eigenvalue weighted by molar-refractivity contribution is 0.0993. The van der Waals surface area contributed by atoms with Crippen molar-refractivity contribution in [3.05, 3.63) is 27.0 Å². The molecule has 0 aliphatic carbocycles. The first-order chi connectivity index (χ1) is 10.9. The number of carbonyl (C=O) groups excluding carboxylic acids is 2. The van der Waals surface area contributed by atoms with Crippen molar-refractivity contribution in [1.29, 1.82) is 0 Å². The van der Waals surface area contributed by atoms with Crippen LogP contribution in [-0.2, 0) is 0 Å². The van der Waals surface area contributed by atoms with Crippen LogP contribution in [0.5, 0.6) is 0 Å². The summed E-state index contributed by atoms with van der Waals surface area (Å²) < 4.78 is 0. The standard InChI is InChI=1S/C13H17NO2S2.C5H12/c1-4-7(3)11-8(6-15)10(13(14)16)12(18-11)9(17)5-2;1-3-5-4-2/h5-7,17H,4H2,1-3H3,(H2,14,16);3-5H2,1-2H3/b9-5-;. The van der Waals surface area contributed by atoms with Crippen molar-refractivity contribution in [3.8, 4) is 0 Å². The second kappa shape index (κ2) is 11.5. The van der Waals surface area contributed by atoms with Crippen LogP contribution in [0.1, 0.15) is 96.7 Å². The molecule has 0 spiro atoms. The maximum absolute atomic E-state index is 11.6. The highest BCUT2D eigenvalue weighted by molar-refractivity contribution is 7.90. The van der Waals surface area contributed by atoms with Crippen LogP contribution in [0.4, 0.5) is 0 Å². The molecule has 0 aliphatic rings. The van der Waals surface area contributed by atoms with Crippen LogP contribution >= 0.6 is 24.0 Å². The van der Waals surface area contributed by atoms with Crippen LogP contribution < -0.4 is 5.73 Å². The van der Waals surface area contributed by atoms with E-state index in [0.29, 0.717) is 20.9 Å². The highest BCUT2D eigenvalue weighted by atomic mass is 32.1. The van der Waals surface area contributed by atoms with Gasteiger partial charge in [0, 0.05) is 15.3 Å². The smallest absolute Gasteiger partial charge is 0.250 e. The zero-order valence-corrected chi connectivity index (χ0v) is 16.5. The second-order valence-electron chi connectivity index (χ2n) is 5.40. The average Bonchev–Trinajstić information content (AvgIpc) is 2.94. The molecule has 1 amide bonds. The van der Waals surface area contributed by atoms with Gasteiger partial charge in [-0.25, -0.2) is 0 Å². The van der Waals surface area contributed by atoms with E-state index in [1.165, 1.54) is 30.6 Å². The zero-order valence-electron chi connectivity index (χ0n) is 14.8. The van der Waals surface area contributed by atoms with Gasteiger partial charge in [0.1, 0.15) is 0 Å². The summed E-state index contributed by atoms with van der Waals surface area (Å²) in [6.07, 6.45) is 7.48. The van der Waals surface area contributed by atoms with Crippen molar-refractivity contribution in [1.82, 2.24) is 0 Å². The Bertz CT molecular complexity index is 545. The Morgan fingerprint density at radius 3 is 2.17 bits per heavy atom. The molecule has 23 heavy (non-hydrogen) atoms. The molecule has 0 aliphatic heterocycles. The lowest BCUT2D eigenvalue weighted by Gasteiger charge is -2.06. The first-order valence-corrected chi connectivity index (χ1v) is 9.42. The number of nitrogens with two attached hydrogens (primary N) is 1. The third-order valence-corrected chi connectivity index (χ3v) is 5.71. The van der Waals surface area contributed by atoms with Crippen molar-refractivity contribution in [2.75, 3.05) is 0 Å². The van der Waals surface area contributed by atoms with Crippen LogP contribution in [0, 0.1) is 0 Å². The van der Waals surface area contributed by atoms with E-state index in [9.17, 15) is 9.59 Å². The van der Waals surface area contributed by atoms with Gasteiger partial charge in [-0.3, -0.25) is 9.59 Å². The van der Waals surface area contributed by atoms with Crippen LogP contribution in [-0.4, -0.2) is 12.2 Å². The Morgan fingerprint density at radius 2 is 1.87 bits per heavy atom. The Balaban J connectivity index is 0.000000841. The minimum Gasteiger partial charge on any atom is -0.366 e. The second-order valence-corrected chi connectivity index (χ2v) is 6.94. The SMILES string of the molecule is C/C=C(\S)c1sc(C(C)CC)c(C=O)c1C(N)=O.CCCCC. The highest BCUT2D eigenvalue weighted by Gasteiger charge is 2.24. The fourth-order valence-electron chi connectivity index (χ4n) is 2.04. The largest absolute Gasteiger partial charge is 0.366 e. The molecule has 0 aromatic carbocycles. The van der Waals surface area contributed by atoms with Gasteiger partial charge in [-0.2, -0.15) is 0 Å². The van der Waals surface area contributed by atoms with E-state index in [2.05, 4.69) is 26.5 Å². The summed E-state index contributed by atoms with van der Waals surface area (Å²) in [5.41, 5.74) is 6.11. The van der Waals surface area contributed by atoms with Crippen molar-refractivity contribution in [2.24, 2.45) is 5.73 Å². The Morgan fingerprint density at radius 1 is 1.30 bits per heavy atom. The van der Waals surface area contributed by atoms with Gasteiger partial charge >= 0.3 is 0 Å². The minimum absolute atomic E-state index is 0.222. The van der Waals surface area contributed by atoms with E-state index < -0.39 is 5.91 Å². The minimum atomic E-state index is -0.577. The van der Waals surface area contributed by atoms with E-state index >= 15 is 0 Å². The molecule has 1 rings (SSSR count). The number of carbonyl (C=O) groups is 2. The maximum Gasteiger partial charge on any atom is 0.250 e. The van der Waals surface area contributed by atoms with Gasteiger partial charge in [-0.15, -0.1) is 24.0 Å². The van der Waals surface area contributed by atoms with Crippen LogP contribution in [0.15, 0.2) is 6.08 Å². The molecule has 1 unspecified atom stereocenters. The highest BCUT2D eigenvalue weighted by Crippen LogP contribution is 2.39.